The highest BCUT2D eigenvalue weighted by molar-refractivity contribution is 5.25. The molecule has 2 nitrogen and oxygen atoms in total. The molecule has 2 rings (SSSR count). The Bertz CT molecular complexity index is 354. The van der Waals surface area contributed by atoms with Gasteiger partial charge in [-0.15, -0.1) is 0 Å². The molecule has 0 atom stereocenters. The minimum atomic E-state index is 0.356. The fourth-order valence-corrected chi connectivity index (χ4v) is 2.97. The van der Waals surface area contributed by atoms with E-state index in [0.29, 0.717) is 5.75 Å². The van der Waals surface area contributed by atoms with Crippen molar-refractivity contribution in [2.24, 2.45) is 5.92 Å². The summed E-state index contributed by atoms with van der Waals surface area (Å²) < 4.78 is 0. The lowest BCUT2D eigenvalue weighted by Crippen LogP contribution is -2.24. The quantitative estimate of drug-likeness (QED) is 0.841. The monoisotopic (exact) mass is 261 g/mol. The lowest BCUT2D eigenvalue weighted by molar-refractivity contribution is 0.266. The Balaban J connectivity index is 1.63. The van der Waals surface area contributed by atoms with Crippen LogP contribution < -0.4 is 0 Å². The molecule has 0 spiro atoms. The maximum absolute atomic E-state index is 9.25. The summed E-state index contributed by atoms with van der Waals surface area (Å²) in [6.45, 7) is 2.33. The normalized spacial score (nSPS) is 16.9. The topological polar surface area (TPSA) is 23.5 Å². The predicted molar refractivity (Wildman–Crippen MR) is 80.5 cm³/mol. The van der Waals surface area contributed by atoms with Crippen molar-refractivity contribution in [3.8, 4) is 5.75 Å². The molecule has 0 aromatic heterocycles. The lowest BCUT2D eigenvalue weighted by Gasteiger charge is -2.24. The van der Waals surface area contributed by atoms with Crippen LogP contribution in [0, 0.1) is 5.92 Å². The molecule has 1 saturated carbocycles. The summed E-state index contributed by atoms with van der Waals surface area (Å²) in [7, 11) is 2.23. The first-order chi connectivity index (χ1) is 9.24. The molecule has 1 aromatic carbocycles. The molecule has 0 bridgehead atoms. The van der Waals surface area contributed by atoms with Gasteiger partial charge < -0.3 is 10.0 Å². The lowest BCUT2D eigenvalue weighted by atomic mass is 9.87. The molecule has 0 radical (unpaired) electrons. The van der Waals surface area contributed by atoms with E-state index in [9.17, 15) is 5.11 Å². The Morgan fingerprint density at radius 3 is 2.42 bits per heavy atom. The fourth-order valence-electron chi connectivity index (χ4n) is 2.97. The molecule has 1 aromatic rings. The summed E-state index contributed by atoms with van der Waals surface area (Å²) in [5.41, 5.74) is 1.31. The molecule has 0 heterocycles. The highest BCUT2D eigenvalue weighted by Crippen LogP contribution is 2.26. The second-order valence-corrected chi connectivity index (χ2v) is 6.01. The van der Waals surface area contributed by atoms with Gasteiger partial charge in [-0.2, -0.15) is 0 Å². The van der Waals surface area contributed by atoms with E-state index in [2.05, 4.69) is 11.9 Å². The van der Waals surface area contributed by atoms with Crippen molar-refractivity contribution in [2.75, 3.05) is 20.1 Å². The van der Waals surface area contributed by atoms with Crippen LogP contribution >= 0.6 is 0 Å². The van der Waals surface area contributed by atoms with Gasteiger partial charge in [-0.1, -0.05) is 44.2 Å². The zero-order valence-corrected chi connectivity index (χ0v) is 12.1. The van der Waals surface area contributed by atoms with Crippen LogP contribution in [-0.4, -0.2) is 30.1 Å². The van der Waals surface area contributed by atoms with Gasteiger partial charge in [0.25, 0.3) is 0 Å². The zero-order valence-electron chi connectivity index (χ0n) is 12.1. The van der Waals surface area contributed by atoms with E-state index in [1.54, 1.807) is 12.1 Å². The van der Waals surface area contributed by atoms with Gasteiger partial charge in [-0.25, -0.2) is 0 Å². The van der Waals surface area contributed by atoms with Gasteiger partial charge in [0, 0.05) is 6.54 Å². The predicted octanol–water partition coefficient (Wildman–Crippen LogP) is 3.84. The van der Waals surface area contributed by atoms with Crippen molar-refractivity contribution in [3.05, 3.63) is 29.8 Å². The number of hydrogen-bond donors (Lipinski definition) is 1. The molecule has 106 valence electrons. The van der Waals surface area contributed by atoms with E-state index < -0.39 is 0 Å². The average molecular weight is 261 g/mol. The molecule has 1 aliphatic carbocycles. The zero-order chi connectivity index (χ0) is 13.5. The van der Waals surface area contributed by atoms with E-state index in [1.807, 2.05) is 12.1 Å². The second-order valence-electron chi connectivity index (χ2n) is 6.01. The summed E-state index contributed by atoms with van der Waals surface area (Å²) in [5.74, 6) is 1.33. The Morgan fingerprint density at radius 1 is 1.05 bits per heavy atom. The molecule has 0 unspecified atom stereocenters. The summed E-state index contributed by atoms with van der Waals surface area (Å²) in [5, 5.41) is 9.25. The third-order valence-electron chi connectivity index (χ3n) is 4.36. The first kappa shape index (κ1) is 14.4. The first-order valence-electron chi connectivity index (χ1n) is 7.70. The van der Waals surface area contributed by atoms with Gasteiger partial charge >= 0.3 is 0 Å². The number of aromatic hydroxyl groups is 1. The molecular formula is C17H27NO. The number of likely N-dealkylation sites (N-methyl/N-ethyl adjacent to an activating group) is 1. The molecule has 2 heteroatoms. The van der Waals surface area contributed by atoms with Crippen molar-refractivity contribution in [3.63, 3.8) is 0 Å². The Hall–Kier alpha value is -1.02. The van der Waals surface area contributed by atoms with Crippen LogP contribution in [-0.2, 0) is 6.42 Å². The van der Waals surface area contributed by atoms with Crippen molar-refractivity contribution < 1.29 is 5.11 Å². The Labute approximate surface area is 117 Å². The van der Waals surface area contributed by atoms with Crippen LogP contribution in [0.1, 0.15) is 44.1 Å². The SMILES string of the molecule is CN(CCc1ccc(O)cc1)CCC1CCCCC1. The van der Waals surface area contributed by atoms with E-state index in [-0.39, 0.29) is 0 Å². The average Bonchev–Trinajstić information content (AvgIpc) is 2.45. The van der Waals surface area contributed by atoms with Crippen LogP contribution in [0.3, 0.4) is 0 Å². The maximum Gasteiger partial charge on any atom is 0.115 e. The van der Waals surface area contributed by atoms with E-state index in [4.69, 9.17) is 0 Å². The van der Waals surface area contributed by atoms with Gasteiger partial charge in [0.15, 0.2) is 0 Å². The summed E-state index contributed by atoms with van der Waals surface area (Å²) in [6, 6.07) is 7.59. The molecular weight excluding hydrogens is 234 g/mol. The summed E-state index contributed by atoms with van der Waals surface area (Å²) >= 11 is 0. The molecule has 0 aliphatic heterocycles. The largest absolute Gasteiger partial charge is 0.508 e. The number of benzene rings is 1. The summed E-state index contributed by atoms with van der Waals surface area (Å²) in [6.07, 6.45) is 9.68. The fraction of sp³-hybridized carbons (Fsp3) is 0.647. The third-order valence-corrected chi connectivity index (χ3v) is 4.36. The van der Waals surface area contributed by atoms with Gasteiger partial charge in [0.1, 0.15) is 5.75 Å². The van der Waals surface area contributed by atoms with Crippen LogP contribution in [0.5, 0.6) is 5.75 Å². The van der Waals surface area contributed by atoms with Crippen LogP contribution in [0.25, 0.3) is 0 Å². The molecule has 1 aliphatic rings. The Kier molecular flexibility index (Phi) is 5.71. The summed E-state index contributed by atoms with van der Waals surface area (Å²) in [4.78, 5) is 2.45. The van der Waals surface area contributed by atoms with Crippen molar-refractivity contribution in [1.82, 2.24) is 4.90 Å². The third kappa shape index (κ3) is 5.23. The maximum atomic E-state index is 9.25. The first-order valence-corrected chi connectivity index (χ1v) is 7.70. The smallest absolute Gasteiger partial charge is 0.115 e. The standard InChI is InChI=1S/C17H27NO/c1-18(13-11-15-5-3-2-4-6-15)14-12-16-7-9-17(19)10-8-16/h7-10,15,19H,2-6,11-14H2,1H3. The molecule has 19 heavy (non-hydrogen) atoms. The number of hydrogen-bond acceptors (Lipinski definition) is 2. The number of phenolic OH excluding ortho intramolecular Hbond substituents is 1. The second kappa shape index (κ2) is 7.54. The van der Waals surface area contributed by atoms with E-state index >= 15 is 0 Å². The number of nitrogens with zero attached hydrogens (tertiary/aromatic N) is 1. The highest BCUT2D eigenvalue weighted by Gasteiger charge is 2.13. The van der Waals surface area contributed by atoms with Gasteiger partial charge in [0.2, 0.25) is 0 Å². The minimum Gasteiger partial charge on any atom is -0.508 e. The van der Waals surface area contributed by atoms with Gasteiger partial charge in [-0.3, -0.25) is 0 Å². The van der Waals surface area contributed by atoms with Crippen molar-refractivity contribution in [1.29, 1.82) is 0 Å². The highest BCUT2D eigenvalue weighted by atomic mass is 16.3. The number of phenols is 1. The van der Waals surface area contributed by atoms with E-state index in [0.717, 1.165) is 18.9 Å². The minimum absolute atomic E-state index is 0.356. The van der Waals surface area contributed by atoms with Crippen LogP contribution in [0.4, 0.5) is 0 Å². The molecule has 1 N–H and O–H groups in total. The molecule has 0 saturated heterocycles. The van der Waals surface area contributed by atoms with Crippen molar-refractivity contribution in [2.45, 2.75) is 44.9 Å². The van der Waals surface area contributed by atoms with Crippen LogP contribution in [0.15, 0.2) is 24.3 Å². The van der Waals surface area contributed by atoms with Crippen molar-refractivity contribution >= 4 is 0 Å². The van der Waals surface area contributed by atoms with Gasteiger partial charge in [0.05, 0.1) is 0 Å². The molecule has 0 amide bonds. The van der Waals surface area contributed by atoms with Crippen LogP contribution in [0.2, 0.25) is 0 Å². The Morgan fingerprint density at radius 2 is 1.74 bits per heavy atom. The number of rotatable bonds is 6. The van der Waals surface area contributed by atoms with Gasteiger partial charge in [-0.05, 0) is 50.0 Å². The molecule has 1 fully saturated rings. The van der Waals surface area contributed by atoms with E-state index in [1.165, 1.54) is 50.6 Å².